The molecule has 2 N–H and O–H groups in total. The lowest BCUT2D eigenvalue weighted by Gasteiger charge is -2.10. The van der Waals surface area contributed by atoms with Gasteiger partial charge in [0.1, 0.15) is 18.2 Å². The van der Waals surface area contributed by atoms with Crippen LogP contribution < -0.4 is 5.32 Å². The zero-order chi connectivity index (χ0) is 19.6. The fraction of sp³-hybridized carbons (Fsp3) is 0.176. The quantitative estimate of drug-likeness (QED) is 0.707. The minimum atomic E-state index is -4.47. The van der Waals surface area contributed by atoms with Crippen LogP contribution in [0.1, 0.15) is 11.1 Å². The van der Waals surface area contributed by atoms with E-state index in [1.807, 2.05) is 0 Å². The molecule has 0 saturated carbocycles. The topological polar surface area (TPSA) is 92.9 Å². The van der Waals surface area contributed by atoms with E-state index in [1.54, 1.807) is 19.1 Å². The SMILES string of the molecule is Cc1cc(Nc2cc(C(F)(F)F)ccn2)nc(-c2cnn(CC(=O)O)c2)c1. The highest BCUT2D eigenvalue weighted by Gasteiger charge is 2.30. The molecule has 0 aliphatic carbocycles. The van der Waals surface area contributed by atoms with Crippen LogP contribution in [0.3, 0.4) is 0 Å². The zero-order valence-electron chi connectivity index (χ0n) is 14.0. The molecule has 3 aromatic heterocycles. The fourth-order valence-corrected chi connectivity index (χ4v) is 2.41. The Labute approximate surface area is 151 Å². The molecule has 27 heavy (non-hydrogen) atoms. The normalized spacial score (nSPS) is 11.4. The average molecular weight is 377 g/mol. The Morgan fingerprint density at radius 1 is 1.26 bits per heavy atom. The molecule has 3 rings (SSSR count). The van der Waals surface area contributed by atoms with Crippen molar-refractivity contribution in [2.75, 3.05) is 5.32 Å². The van der Waals surface area contributed by atoms with Crippen molar-refractivity contribution in [3.63, 3.8) is 0 Å². The van der Waals surface area contributed by atoms with Crippen molar-refractivity contribution in [2.24, 2.45) is 0 Å². The number of pyridine rings is 2. The van der Waals surface area contributed by atoms with Crippen molar-refractivity contribution in [3.05, 3.63) is 54.0 Å². The molecule has 0 aliphatic heterocycles. The monoisotopic (exact) mass is 377 g/mol. The maximum Gasteiger partial charge on any atom is 0.416 e. The van der Waals surface area contributed by atoms with Gasteiger partial charge in [-0.3, -0.25) is 9.48 Å². The number of hydrogen-bond acceptors (Lipinski definition) is 5. The van der Waals surface area contributed by atoms with E-state index in [1.165, 1.54) is 17.1 Å². The van der Waals surface area contributed by atoms with Crippen LogP contribution in [0.25, 0.3) is 11.3 Å². The lowest BCUT2D eigenvalue weighted by molar-refractivity contribution is -0.138. The fourth-order valence-electron chi connectivity index (χ4n) is 2.41. The Bertz CT molecular complexity index is 985. The predicted molar refractivity (Wildman–Crippen MR) is 90.4 cm³/mol. The number of carboxylic acids is 1. The summed E-state index contributed by atoms with van der Waals surface area (Å²) in [6.45, 7) is 1.52. The van der Waals surface area contributed by atoms with E-state index in [9.17, 15) is 18.0 Å². The Kier molecular flexibility index (Phi) is 4.80. The third-order valence-corrected chi connectivity index (χ3v) is 3.54. The number of aryl methyl sites for hydroxylation is 1. The molecule has 10 heteroatoms. The molecular weight excluding hydrogens is 363 g/mol. The summed E-state index contributed by atoms with van der Waals surface area (Å²) in [6.07, 6.45) is -0.402. The van der Waals surface area contributed by atoms with Crippen molar-refractivity contribution in [1.29, 1.82) is 0 Å². The second-order valence-corrected chi connectivity index (χ2v) is 5.79. The Morgan fingerprint density at radius 2 is 2.04 bits per heavy atom. The standard InChI is InChI=1S/C17H14F3N5O2/c1-10-4-13(11-7-22-25(8-11)9-16(26)27)23-15(5-10)24-14-6-12(2-3-21-14)17(18,19)20/h2-8H,9H2,1H3,(H,26,27)(H,21,23,24). The lowest BCUT2D eigenvalue weighted by atomic mass is 10.2. The van der Waals surface area contributed by atoms with Crippen molar-refractivity contribution in [3.8, 4) is 11.3 Å². The summed E-state index contributed by atoms with van der Waals surface area (Å²) in [5, 5.41) is 15.5. The van der Waals surface area contributed by atoms with Crippen LogP contribution in [0.4, 0.5) is 24.8 Å². The van der Waals surface area contributed by atoms with E-state index in [0.717, 1.165) is 23.9 Å². The zero-order valence-corrected chi connectivity index (χ0v) is 14.0. The molecule has 3 aromatic rings. The largest absolute Gasteiger partial charge is 0.480 e. The first-order valence-electron chi connectivity index (χ1n) is 7.74. The number of carboxylic acid groups (broad SMARTS) is 1. The van der Waals surface area contributed by atoms with Crippen molar-refractivity contribution < 1.29 is 23.1 Å². The van der Waals surface area contributed by atoms with Gasteiger partial charge in [0.15, 0.2) is 0 Å². The molecule has 0 saturated heterocycles. The van der Waals surface area contributed by atoms with Gasteiger partial charge in [-0.2, -0.15) is 18.3 Å². The summed E-state index contributed by atoms with van der Waals surface area (Å²) in [5.41, 5.74) is 1.07. The van der Waals surface area contributed by atoms with E-state index >= 15 is 0 Å². The molecular formula is C17H14F3N5O2. The summed E-state index contributed by atoms with van der Waals surface area (Å²) < 4.78 is 39.7. The first kappa shape index (κ1) is 18.4. The third kappa shape index (κ3) is 4.60. The van der Waals surface area contributed by atoms with Crippen LogP contribution in [0.2, 0.25) is 0 Å². The highest BCUT2D eigenvalue weighted by atomic mass is 19.4. The van der Waals surface area contributed by atoms with Crippen LogP contribution in [0, 0.1) is 6.92 Å². The second kappa shape index (κ2) is 7.06. The average Bonchev–Trinajstić information content (AvgIpc) is 3.01. The Morgan fingerprint density at radius 3 is 2.74 bits per heavy atom. The van der Waals surface area contributed by atoms with Crippen LogP contribution in [0.5, 0.6) is 0 Å². The van der Waals surface area contributed by atoms with Gasteiger partial charge >= 0.3 is 12.1 Å². The lowest BCUT2D eigenvalue weighted by Crippen LogP contribution is -2.08. The molecule has 0 amide bonds. The van der Waals surface area contributed by atoms with E-state index < -0.39 is 17.7 Å². The van der Waals surface area contributed by atoms with Gasteiger partial charge in [-0.1, -0.05) is 0 Å². The molecule has 0 aromatic carbocycles. The van der Waals surface area contributed by atoms with Crippen molar-refractivity contribution in [1.82, 2.24) is 19.7 Å². The molecule has 7 nitrogen and oxygen atoms in total. The van der Waals surface area contributed by atoms with Crippen LogP contribution in [-0.4, -0.2) is 30.8 Å². The Balaban J connectivity index is 1.88. The van der Waals surface area contributed by atoms with Gasteiger partial charge in [0.05, 0.1) is 17.5 Å². The van der Waals surface area contributed by atoms with E-state index in [-0.39, 0.29) is 12.4 Å². The van der Waals surface area contributed by atoms with Gasteiger partial charge < -0.3 is 10.4 Å². The minimum Gasteiger partial charge on any atom is -0.480 e. The summed E-state index contributed by atoms with van der Waals surface area (Å²) >= 11 is 0. The van der Waals surface area contributed by atoms with Crippen molar-refractivity contribution in [2.45, 2.75) is 19.6 Å². The predicted octanol–water partition coefficient (Wildman–Crippen LogP) is 3.50. The number of nitrogens with zero attached hydrogens (tertiary/aromatic N) is 4. The highest BCUT2D eigenvalue weighted by molar-refractivity contribution is 5.67. The number of aliphatic carboxylic acids is 1. The Hall–Kier alpha value is -3.43. The van der Waals surface area contributed by atoms with Gasteiger partial charge in [-0.25, -0.2) is 9.97 Å². The first-order chi connectivity index (χ1) is 12.7. The van der Waals surface area contributed by atoms with Crippen molar-refractivity contribution >= 4 is 17.6 Å². The number of alkyl halides is 3. The van der Waals surface area contributed by atoms with Crippen LogP contribution in [-0.2, 0) is 17.5 Å². The summed E-state index contributed by atoms with van der Waals surface area (Å²) in [5.74, 6) is -0.710. The van der Waals surface area contributed by atoms with Crippen LogP contribution >= 0.6 is 0 Å². The molecule has 0 fully saturated rings. The number of hydrogen-bond donors (Lipinski definition) is 2. The highest BCUT2D eigenvalue weighted by Crippen LogP contribution is 2.30. The minimum absolute atomic E-state index is 0.00967. The third-order valence-electron chi connectivity index (χ3n) is 3.54. The number of rotatable bonds is 5. The van der Waals surface area contributed by atoms with E-state index in [2.05, 4.69) is 20.4 Å². The number of carbonyl (C=O) groups is 1. The number of nitrogens with one attached hydrogen (secondary N) is 1. The summed E-state index contributed by atoms with van der Waals surface area (Å²) in [4.78, 5) is 19.0. The van der Waals surface area contributed by atoms with Crippen LogP contribution in [0.15, 0.2) is 42.9 Å². The number of aromatic nitrogens is 4. The van der Waals surface area contributed by atoms with Gasteiger partial charge in [0.25, 0.3) is 0 Å². The molecule has 140 valence electrons. The molecule has 0 radical (unpaired) electrons. The summed E-state index contributed by atoms with van der Waals surface area (Å²) in [6, 6.07) is 5.20. The summed E-state index contributed by atoms with van der Waals surface area (Å²) in [7, 11) is 0. The van der Waals surface area contributed by atoms with Gasteiger partial charge in [0, 0.05) is 18.0 Å². The molecule has 0 spiro atoms. The molecule has 0 bridgehead atoms. The first-order valence-corrected chi connectivity index (χ1v) is 7.74. The number of halogens is 3. The molecule has 0 unspecified atom stereocenters. The van der Waals surface area contributed by atoms with E-state index in [4.69, 9.17) is 5.11 Å². The molecule has 0 atom stereocenters. The van der Waals surface area contributed by atoms with E-state index in [0.29, 0.717) is 17.1 Å². The van der Waals surface area contributed by atoms with Gasteiger partial charge in [-0.05, 0) is 36.8 Å². The van der Waals surface area contributed by atoms with Gasteiger partial charge in [-0.15, -0.1) is 0 Å². The number of anilines is 2. The maximum absolute atomic E-state index is 12.8. The smallest absolute Gasteiger partial charge is 0.416 e. The molecule has 0 aliphatic rings. The van der Waals surface area contributed by atoms with Gasteiger partial charge in [0.2, 0.25) is 0 Å². The maximum atomic E-state index is 12.8. The second-order valence-electron chi connectivity index (χ2n) is 5.79. The molecule has 3 heterocycles.